The quantitative estimate of drug-likeness (QED) is 0.384. The molecule has 19 heavy (non-hydrogen) atoms. The van der Waals surface area contributed by atoms with E-state index < -0.39 is 0 Å². The van der Waals surface area contributed by atoms with Crippen molar-refractivity contribution < 1.29 is 25.1 Å². The van der Waals surface area contributed by atoms with Crippen LogP contribution in [0.15, 0.2) is 48.5 Å². The van der Waals surface area contributed by atoms with Gasteiger partial charge >= 0.3 is 29.6 Å². The van der Waals surface area contributed by atoms with Crippen LogP contribution in [0.1, 0.15) is 15.9 Å². The summed E-state index contributed by atoms with van der Waals surface area (Å²) in [5.74, 6) is -0.716. The molecule has 0 amide bonds. The Kier molecular flexibility index (Phi) is 6.01. The molecule has 0 radical (unpaired) electrons. The van der Waals surface area contributed by atoms with Gasteiger partial charge in [-0.25, -0.2) is 10.5 Å². The van der Waals surface area contributed by atoms with Crippen molar-refractivity contribution in [2.24, 2.45) is 0 Å². The summed E-state index contributed by atoms with van der Waals surface area (Å²) in [6.07, 6.45) is 0. The molecule has 0 atom stereocenters. The van der Waals surface area contributed by atoms with Gasteiger partial charge in [-0.3, -0.25) is 4.79 Å². The van der Waals surface area contributed by atoms with Crippen LogP contribution in [-0.2, 0) is 0 Å². The fraction of sp³-hybridized carbons (Fsp3) is 0. The average molecular weight is 270 g/mol. The molecule has 2 aromatic rings. The SMILES string of the molecule is O=C(c1ccccc1)c1cccc(OO)c1OO.[NaH]. The van der Waals surface area contributed by atoms with Gasteiger partial charge in [0, 0.05) is 5.56 Å². The summed E-state index contributed by atoms with van der Waals surface area (Å²) in [6.45, 7) is 0. The van der Waals surface area contributed by atoms with Gasteiger partial charge in [-0.05, 0) is 12.1 Å². The molecule has 2 aromatic carbocycles. The van der Waals surface area contributed by atoms with Crippen LogP contribution >= 0.6 is 0 Å². The van der Waals surface area contributed by atoms with Crippen LogP contribution in [0.3, 0.4) is 0 Å². The number of benzene rings is 2. The van der Waals surface area contributed by atoms with Crippen molar-refractivity contribution in [3.05, 3.63) is 59.7 Å². The van der Waals surface area contributed by atoms with Gasteiger partial charge in [-0.15, -0.1) is 0 Å². The number of hydrogen-bond acceptors (Lipinski definition) is 5. The van der Waals surface area contributed by atoms with Crippen molar-refractivity contribution in [2.75, 3.05) is 0 Å². The van der Waals surface area contributed by atoms with E-state index in [0.29, 0.717) is 5.56 Å². The van der Waals surface area contributed by atoms with Crippen LogP contribution in [0.2, 0.25) is 0 Å². The number of carbonyl (C=O) groups excluding carboxylic acids is 1. The maximum atomic E-state index is 12.2. The van der Waals surface area contributed by atoms with Gasteiger partial charge in [-0.1, -0.05) is 36.4 Å². The Morgan fingerprint density at radius 1 is 0.895 bits per heavy atom. The standard InChI is InChI=1S/C13H10O5.Na.H/c14-12(9-5-2-1-3-6-9)10-7-4-8-11(17-15)13(10)18-16;;/h1-8,15-16H;;. The van der Waals surface area contributed by atoms with Gasteiger partial charge in [0.2, 0.25) is 11.5 Å². The van der Waals surface area contributed by atoms with Gasteiger partial charge in [0.1, 0.15) is 0 Å². The molecular weight excluding hydrogens is 259 g/mol. The van der Waals surface area contributed by atoms with E-state index in [2.05, 4.69) is 9.78 Å². The minimum atomic E-state index is -0.349. The molecule has 5 nitrogen and oxygen atoms in total. The maximum absolute atomic E-state index is 12.2. The molecule has 0 saturated carbocycles. The van der Waals surface area contributed by atoms with E-state index in [1.54, 1.807) is 30.3 Å². The van der Waals surface area contributed by atoms with Gasteiger partial charge < -0.3 is 9.78 Å². The van der Waals surface area contributed by atoms with E-state index in [4.69, 9.17) is 10.5 Å². The number of carbonyl (C=O) groups is 1. The van der Waals surface area contributed by atoms with E-state index in [-0.39, 0.29) is 52.4 Å². The third-order valence-electron chi connectivity index (χ3n) is 2.45. The minimum absolute atomic E-state index is 0. The molecule has 0 heterocycles. The summed E-state index contributed by atoms with van der Waals surface area (Å²) < 4.78 is 0. The monoisotopic (exact) mass is 270 g/mol. The first-order valence-corrected chi connectivity index (χ1v) is 5.13. The van der Waals surface area contributed by atoms with Crippen LogP contribution in [0.4, 0.5) is 0 Å². The number of hydrogen-bond donors (Lipinski definition) is 2. The Balaban J connectivity index is 0.00000180. The molecule has 0 aliphatic heterocycles. The first-order valence-electron chi connectivity index (χ1n) is 5.13. The van der Waals surface area contributed by atoms with E-state index in [9.17, 15) is 4.79 Å². The third-order valence-corrected chi connectivity index (χ3v) is 2.45. The second-order valence-corrected chi connectivity index (χ2v) is 3.51. The normalized spacial score (nSPS) is 9.37. The molecule has 6 heteroatoms. The Bertz CT molecular complexity index is 556. The van der Waals surface area contributed by atoms with E-state index in [1.807, 2.05) is 0 Å². The number of para-hydroxylation sites is 1. The molecule has 0 aliphatic rings. The summed E-state index contributed by atoms with van der Waals surface area (Å²) in [4.78, 5) is 20.3. The Labute approximate surface area is 131 Å². The van der Waals surface area contributed by atoms with Crippen LogP contribution in [0.25, 0.3) is 0 Å². The van der Waals surface area contributed by atoms with Crippen molar-refractivity contribution in [2.45, 2.75) is 0 Å². The van der Waals surface area contributed by atoms with Crippen molar-refractivity contribution in [3.63, 3.8) is 0 Å². The molecule has 0 bridgehead atoms. The van der Waals surface area contributed by atoms with Crippen LogP contribution < -0.4 is 9.78 Å². The van der Waals surface area contributed by atoms with Crippen molar-refractivity contribution in [1.29, 1.82) is 0 Å². The predicted molar refractivity (Wildman–Crippen MR) is 70.0 cm³/mol. The topological polar surface area (TPSA) is 76.0 Å². The first-order chi connectivity index (χ1) is 8.77. The molecule has 0 aromatic heterocycles. The van der Waals surface area contributed by atoms with Gasteiger partial charge in [0.25, 0.3) is 0 Å². The summed E-state index contributed by atoms with van der Waals surface area (Å²) in [5, 5.41) is 17.4. The van der Waals surface area contributed by atoms with E-state index >= 15 is 0 Å². The van der Waals surface area contributed by atoms with Crippen molar-refractivity contribution in [1.82, 2.24) is 0 Å². The zero-order valence-corrected chi connectivity index (χ0v) is 9.24. The van der Waals surface area contributed by atoms with Crippen LogP contribution in [0.5, 0.6) is 11.5 Å². The zero-order valence-electron chi connectivity index (χ0n) is 9.24. The van der Waals surface area contributed by atoms with E-state index in [0.717, 1.165) is 0 Å². The molecule has 2 rings (SSSR count). The molecular formula is C13H11NaO5. The van der Waals surface area contributed by atoms with E-state index in [1.165, 1.54) is 18.2 Å². The summed E-state index contributed by atoms with van der Waals surface area (Å²) in [6, 6.07) is 12.8. The Hall–Kier alpha value is -1.37. The second kappa shape index (κ2) is 7.28. The first kappa shape index (κ1) is 15.7. The number of rotatable bonds is 4. The fourth-order valence-corrected chi connectivity index (χ4v) is 1.61. The zero-order chi connectivity index (χ0) is 13.0. The summed E-state index contributed by atoms with van der Waals surface area (Å²) in [7, 11) is 0. The third kappa shape index (κ3) is 3.34. The Morgan fingerprint density at radius 2 is 1.58 bits per heavy atom. The predicted octanol–water partition coefficient (Wildman–Crippen LogP) is 1.97. The molecule has 94 valence electrons. The molecule has 0 spiro atoms. The second-order valence-electron chi connectivity index (χ2n) is 3.51. The fourth-order valence-electron chi connectivity index (χ4n) is 1.61. The van der Waals surface area contributed by atoms with Gasteiger partial charge in [-0.2, -0.15) is 0 Å². The van der Waals surface area contributed by atoms with Crippen LogP contribution in [0, 0.1) is 0 Å². The Morgan fingerprint density at radius 3 is 2.16 bits per heavy atom. The van der Waals surface area contributed by atoms with Crippen molar-refractivity contribution in [3.8, 4) is 11.5 Å². The molecule has 2 N–H and O–H groups in total. The molecule has 0 saturated heterocycles. The molecule has 0 unspecified atom stereocenters. The summed E-state index contributed by atoms with van der Waals surface area (Å²) >= 11 is 0. The van der Waals surface area contributed by atoms with Crippen molar-refractivity contribution >= 4 is 35.3 Å². The molecule has 0 aliphatic carbocycles. The van der Waals surface area contributed by atoms with Gasteiger partial charge in [0.05, 0.1) is 5.56 Å². The van der Waals surface area contributed by atoms with Crippen LogP contribution in [-0.4, -0.2) is 45.9 Å². The summed E-state index contributed by atoms with van der Waals surface area (Å²) in [5.41, 5.74) is 0.529. The number of ketones is 1. The molecule has 0 fully saturated rings. The average Bonchev–Trinajstić information content (AvgIpc) is 2.46. The van der Waals surface area contributed by atoms with Gasteiger partial charge in [0.15, 0.2) is 5.78 Å².